The molecule has 0 radical (unpaired) electrons. The zero-order valence-corrected chi connectivity index (χ0v) is 15.8. The molecule has 0 bridgehead atoms. The molecule has 8 nitrogen and oxygen atoms in total. The van der Waals surface area contributed by atoms with Gasteiger partial charge in [0.15, 0.2) is 17.2 Å². The van der Waals surface area contributed by atoms with Crippen molar-refractivity contribution in [1.82, 2.24) is 5.16 Å². The summed E-state index contributed by atoms with van der Waals surface area (Å²) in [6.07, 6.45) is 3.16. The number of aromatic nitrogens is 1. The van der Waals surface area contributed by atoms with Crippen LogP contribution in [0.15, 0.2) is 47.0 Å². The molecule has 146 valence electrons. The second-order valence-corrected chi connectivity index (χ2v) is 6.08. The lowest BCUT2D eigenvalue weighted by atomic mass is 10.1. The van der Waals surface area contributed by atoms with Crippen molar-refractivity contribution in [3.63, 3.8) is 0 Å². The highest BCUT2D eigenvalue weighted by molar-refractivity contribution is 5.72. The van der Waals surface area contributed by atoms with Crippen molar-refractivity contribution in [3.8, 4) is 17.6 Å². The summed E-state index contributed by atoms with van der Waals surface area (Å²) in [5.41, 5.74) is 2.32. The first-order valence-corrected chi connectivity index (χ1v) is 8.60. The highest BCUT2D eigenvalue weighted by atomic mass is 16.6. The van der Waals surface area contributed by atoms with Crippen molar-refractivity contribution in [2.24, 2.45) is 0 Å². The molecule has 0 atom stereocenters. The molecule has 0 aliphatic carbocycles. The van der Waals surface area contributed by atoms with Crippen LogP contribution in [0.2, 0.25) is 0 Å². The summed E-state index contributed by atoms with van der Waals surface area (Å²) in [5, 5.41) is 23.6. The van der Waals surface area contributed by atoms with Gasteiger partial charge in [-0.15, -0.1) is 0 Å². The summed E-state index contributed by atoms with van der Waals surface area (Å²) in [4.78, 5) is 10.6. The third-order valence-electron chi connectivity index (χ3n) is 4.13. The topological polar surface area (TPSA) is 111 Å². The van der Waals surface area contributed by atoms with Gasteiger partial charge in [-0.3, -0.25) is 10.1 Å². The van der Waals surface area contributed by atoms with Gasteiger partial charge in [0.25, 0.3) is 0 Å². The summed E-state index contributed by atoms with van der Waals surface area (Å²) in [5.74, 6) is 1.15. The average molecular weight is 391 g/mol. The maximum Gasteiger partial charge on any atom is 0.338 e. The first kappa shape index (κ1) is 19.6. The van der Waals surface area contributed by atoms with Gasteiger partial charge in [0.05, 0.1) is 23.7 Å². The maximum atomic E-state index is 11.1. The summed E-state index contributed by atoms with van der Waals surface area (Å²) < 4.78 is 16.2. The van der Waals surface area contributed by atoms with Gasteiger partial charge in [0.2, 0.25) is 5.76 Å². The lowest BCUT2D eigenvalue weighted by molar-refractivity contribution is -0.386. The molecule has 0 aliphatic heterocycles. The molecule has 8 heteroatoms. The molecule has 0 unspecified atom stereocenters. The highest BCUT2D eigenvalue weighted by Crippen LogP contribution is 2.30. The second kappa shape index (κ2) is 8.71. The number of hydrogen-bond donors (Lipinski definition) is 0. The first-order chi connectivity index (χ1) is 14.0. The summed E-state index contributed by atoms with van der Waals surface area (Å²) >= 11 is 0. The van der Waals surface area contributed by atoms with E-state index in [4.69, 9.17) is 19.3 Å². The largest absolute Gasteiger partial charge is 0.493 e. The summed E-state index contributed by atoms with van der Waals surface area (Å²) in [6, 6.07) is 14.5. The van der Waals surface area contributed by atoms with Gasteiger partial charge in [-0.2, -0.15) is 5.26 Å². The van der Waals surface area contributed by atoms with Crippen molar-refractivity contribution >= 4 is 17.8 Å². The van der Waals surface area contributed by atoms with E-state index in [1.165, 1.54) is 20.1 Å². The number of nitriles is 1. The van der Waals surface area contributed by atoms with Gasteiger partial charge in [-0.05, 0) is 48.4 Å². The van der Waals surface area contributed by atoms with Crippen LogP contribution in [-0.2, 0) is 6.61 Å². The lowest BCUT2D eigenvalue weighted by Gasteiger charge is -2.11. The van der Waals surface area contributed by atoms with E-state index in [0.717, 1.165) is 11.1 Å². The van der Waals surface area contributed by atoms with Crippen molar-refractivity contribution in [3.05, 3.63) is 80.7 Å². The molecule has 0 amide bonds. The Morgan fingerprint density at radius 2 is 1.97 bits per heavy atom. The van der Waals surface area contributed by atoms with E-state index >= 15 is 0 Å². The molecule has 1 heterocycles. The number of hydrogen-bond acceptors (Lipinski definition) is 7. The molecule has 3 aromatic rings. The number of aryl methyl sites for hydroxylation is 1. The van der Waals surface area contributed by atoms with E-state index in [0.29, 0.717) is 23.7 Å². The zero-order chi connectivity index (χ0) is 20.8. The number of methoxy groups -OCH3 is 1. The quantitative estimate of drug-likeness (QED) is 0.430. The molecule has 0 aliphatic rings. The van der Waals surface area contributed by atoms with Crippen molar-refractivity contribution in [2.45, 2.75) is 13.5 Å². The molecule has 1 aromatic heterocycles. The molecule has 29 heavy (non-hydrogen) atoms. The van der Waals surface area contributed by atoms with E-state index in [-0.39, 0.29) is 17.1 Å². The smallest absolute Gasteiger partial charge is 0.338 e. The van der Waals surface area contributed by atoms with E-state index in [1.54, 1.807) is 36.4 Å². The summed E-state index contributed by atoms with van der Waals surface area (Å²) in [7, 11) is 1.53. The monoisotopic (exact) mass is 391 g/mol. The Balaban J connectivity index is 1.74. The van der Waals surface area contributed by atoms with Gasteiger partial charge in [0.1, 0.15) is 6.61 Å². The zero-order valence-electron chi connectivity index (χ0n) is 15.8. The molecule has 0 saturated carbocycles. The molecular weight excluding hydrogens is 374 g/mol. The Hall–Kier alpha value is -4.12. The van der Waals surface area contributed by atoms with Crippen LogP contribution in [0.3, 0.4) is 0 Å². The van der Waals surface area contributed by atoms with Crippen LogP contribution >= 0.6 is 0 Å². The van der Waals surface area contributed by atoms with Crippen LogP contribution in [0.25, 0.3) is 12.2 Å². The van der Waals surface area contributed by atoms with Crippen LogP contribution < -0.4 is 9.47 Å². The Kier molecular flexibility index (Phi) is 5.90. The Labute approximate surface area is 166 Å². The average Bonchev–Trinajstić information content (AvgIpc) is 3.12. The number of rotatable bonds is 7. The molecule has 3 rings (SSSR count). The summed E-state index contributed by atoms with van der Waals surface area (Å²) in [6.45, 7) is 1.84. The Bertz CT molecular complexity index is 1090. The molecule has 0 spiro atoms. The van der Waals surface area contributed by atoms with Gasteiger partial charge >= 0.3 is 5.69 Å². The number of nitrogens with zero attached hydrogens (tertiary/aromatic N) is 3. The Morgan fingerprint density at radius 1 is 1.21 bits per heavy atom. The van der Waals surface area contributed by atoms with Crippen LogP contribution in [0.1, 0.15) is 28.1 Å². The van der Waals surface area contributed by atoms with Gasteiger partial charge in [0, 0.05) is 0 Å². The minimum atomic E-state index is -0.522. The third kappa shape index (κ3) is 4.59. The van der Waals surface area contributed by atoms with E-state index in [9.17, 15) is 10.1 Å². The van der Waals surface area contributed by atoms with Crippen LogP contribution in [0, 0.1) is 28.4 Å². The normalized spacial score (nSPS) is 10.7. The van der Waals surface area contributed by atoms with Crippen LogP contribution in [0.5, 0.6) is 11.5 Å². The van der Waals surface area contributed by atoms with Crippen LogP contribution in [-0.4, -0.2) is 17.2 Å². The maximum absolute atomic E-state index is 11.1. The van der Waals surface area contributed by atoms with Gasteiger partial charge in [-0.1, -0.05) is 29.4 Å². The minimum Gasteiger partial charge on any atom is -0.493 e. The number of ether oxygens (including phenoxy) is 2. The predicted octanol–water partition coefficient (Wildman–Crippen LogP) is 4.52. The fourth-order valence-electron chi connectivity index (χ4n) is 2.63. The first-order valence-electron chi connectivity index (χ1n) is 8.60. The number of benzene rings is 2. The number of nitro groups is 1. The van der Waals surface area contributed by atoms with Gasteiger partial charge < -0.3 is 14.0 Å². The van der Waals surface area contributed by atoms with Crippen molar-refractivity contribution in [2.75, 3.05) is 7.11 Å². The van der Waals surface area contributed by atoms with E-state index in [2.05, 4.69) is 11.2 Å². The molecule has 0 saturated heterocycles. The second-order valence-electron chi connectivity index (χ2n) is 6.08. The lowest BCUT2D eigenvalue weighted by Crippen LogP contribution is -1.98. The fraction of sp³-hybridized carbons (Fsp3) is 0.143. The molecule has 2 aromatic carbocycles. The third-order valence-corrected chi connectivity index (χ3v) is 4.13. The predicted molar refractivity (Wildman–Crippen MR) is 105 cm³/mol. The van der Waals surface area contributed by atoms with Crippen molar-refractivity contribution in [1.29, 1.82) is 5.26 Å². The van der Waals surface area contributed by atoms with E-state index in [1.807, 2.05) is 12.1 Å². The SMILES string of the molecule is COc1cc(C=Cc2onc(C)c2[N+](=O)[O-])ccc1OCc1ccc(C#N)cc1. The molecular formula is C21H17N3O5. The van der Waals surface area contributed by atoms with Gasteiger partial charge in [-0.25, -0.2) is 0 Å². The van der Waals surface area contributed by atoms with E-state index < -0.39 is 4.92 Å². The minimum absolute atomic E-state index is 0.0765. The van der Waals surface area contributed by atoms with Crippen LogP contribution in [0.4, 0.5) is 5.69 Å². The molecule has 0 N–H and O–H groups in total. The molecule has 0 fully saturated rings. The standard InChI is InChI=1S/C21H17N3O5/c1-14-21(24(25)26)19(29-23-14)10-8-15-7-9-18(20(11-15)27-2)28-13-17-5-3-16(12-22)4-6-17/h3-11H,13H2,1-2H3. The fourth-order valence-corrected chi connectivity index (χ4v) is 2.63. The van der Waals surface area contributed by atoms with Crippen molar-refractivity contribution < 1.29 is 18.9 Å². The Morgan fingerprint density at radius 3 is 2.62 bits per heavy atom. The highest BCUT2D eigenvalue weighted by Gasteiger charge is 2.21.